The molecule has 5 heterocycles. The van der Waals surface area contributed by atoms with Gasteiger partial charge in [0.15, 0.2) is 34.9 Å². The first-order chi connectivity index (χ1) is 50.3. The van der Waals surface area contributed by atoms with E-state index in [1.165, 1.54) is 76.1 Å². The van der Waals surface area contributed by atoms with E-state index in [4.69, 9.17) is 43.2 Å². The fourth-order valence-electron chi connectivity index (χ4n) is 16.1. The van der Waals surface area contributed by atoms with Crippen molar-refractivity contribution in [1.82, 2.24) is 29.9 Å². The van der Waals surface area contributed by atoms with Crippen LogP contribution in [0, 0.1) is 0 Å². The van der Waals surface area contributed by atoms with E-state index in [1.807, 2.05) is 121 Å². The third kappa shape index (κ3) is 9.04. The maximum Gasteiger partial charge on any atom is 0.164 e. The first kappa shape index (κ1) is 57.6. The van der Waals surface area contributed by atoms with Crippen LogP contribution in [-0.4, -0.2) is 29.9 Å². The molecule has 0 radical (unpaired) electrons. The predicted molar refractivity (Wildman–Crippen MR) is 417 cm³/mol. The van der Waals surface area contributed by atoms with E-state index in [1.54, 1.807) is 0 Å². The zero-order valence-corrected chi connectivity index (χ0v) is 55.3. The van der Waals surface area contributed by atoms with Crippen molar-refractivity contribution in [1.29, 1.82) is 0 Å². The Morgan fingerprint density at radius 2 is 0.569 bits per heavy atom. The molecule has 1 aliphatic carbocycles. The highest BCUT2D eigenvalue weighted by molar-refractivity contribution is 6.28. The molecule has 0 saturated carbocycles. The molecule has 9 heteroatoms. The summed E-state index contributed by atoms with van der Waals surface area (Å²) in [6.07, 6.45) is 0. The molecular formula is C93H56N6O3. The standard InChI is InChI=1S/C48H31N3O.C45H25N3O2/c1-48(2)39-14-8-6-13-38(39)44-37-23-18-28-16-17-30-26-31(19-21-33(30)43(28)36(37)24-25-40(44)48)46-49-45(29-10-4-3-5-11-29)50-47(51-46)32-20-22-35-34-12-7-9-15-41(34)52-42(35)27-32;1-2-8-27(9-3-1)43-46-44(48-45(47-43)30-18-20-33-32-10-4-6-12-37(32)50-40(33)25-30)29-17-19-31-28(24-29)15-14-26-16-21-35-34(41(26)31)22-23-39-42(35)36-11-5-7-13-38(36)49-39/h3-27H,1-2H3;1-25H. The van der Waals surface area contributed by atoms with Gasteiger partial charge in [0.2, 0.25) is 0 Å². The summed E-state index contributed by atoms with van der Waals surface area (Å²) in [5.74, 6) is 3.70. The van der Waals surface area contributed by atoms with E-state index in [9.17, 15) is 0 Å². The van der Waals surface area contributed by atoms with Gasteiger partial charge < -0.3 is 13.3 Å². The lowest BCUT2D eigenvalue weighted by Crippen LogP contribution is -2.14. The van der Waals surface area contributed by atoms with E-state index in [0.29, 0.717) is 34.9 Å². The van der Waals surface area contributed by atoms with Crippen LogP contribution in [0.3, 0.4) is 0 Å². The normalized spacial score (nSPS) is 12.7. The van der Waals surface area contributed by atoms with Gasteiger partial charge in [0.05, 0.1) is 0 Å². The summed E-state index contributed by atoms with van der Waals surface area (Å²) in [5, 5.41) is 21.2. The van der Waals surface area contributed by atoms with E-state index in [-0.39, 0.29) is 5.41 Å². The van der Waals surface area contributed by atoms with Crippen LogP contribution >= 0.6 is 0 Å². The lowest BCUT2D eigenvalue weighted by Gasteiger charge is -2.21. The number of benzene rings is 16. The van der Waals surface area contributed by atoms with Crippen LogP contribution in [0.15, 0.2) is 317 Å². The second kappa shape index (κ2) is 22.3. The summed E-state index contributed by atoms with van der Waals surface area (Å²) in [7, 11) is 0. The second-order valence-electron chi connectivity index (χ2n) is 27.2. The maximum atomic E-state index is 6.24. The van der Waals surface area contributed by atoms with Crippen LogP contribution in [0.5, 0.6) is 0 Å². The van der Waals surface area contributed by atoms with Crippen LogP contribution in [0.25, 0.3) is 210 Å². The first-order valence-electron chi connectivity index (χ1n) is 34.5. The van der Waals surface area contributed by atoms with Crippen LogP contribution in [-0.2, 0) is 5.41 Å². The monoisotopic (exact) mass is 1300 g/mol. The van der Waals surface area contributed by atoms with Gasteiger partial charge in [-0.15, -0.1) is 0 Å². The molecule has 0 unspecified atom stereocenters. The van der Waals surface area contributed by atoms with Crippen molar-refractivity contribution in [3.63, 3.8) is 0 Å². The molecule has 0 N–H and O–H groups in total. The van der Waals surface area contributed by atoms with E-state index < -0.39 is 0 Å². The molecule has 0 bridgehead atoms. The van der Waals surface area contributed by atoms with Gasteiger partial charge in [-0.05, 0) is 154 Å². The van der Waals surface area contributed by atoms with Gasteiger partial charge in [-0.3, -0.25) is 0 Å². The summed E-state index contributed by atoms with van der Waals surface area (Å²) in [5.41, 5.74) is 16.1. The van der Waals surface area contributed by atoms with Gasteiger partial charge in [0.1, 0.15) is 33.5 Å². The van der Waals surface area contributed by atoms with Gasteiger partial charge in [-0.2, -0.15) is 0 Å². The molecule has 9 nitrogen and oxygen atoms in total. The Hall–Kier alpha value is -13.5. The number of aromatic nitrogens is 6. The number of para-hydroxylation sites is 3. The number of nitrogens with zero attached hydrogens (tertiary/aromatic N) is 6. The molecule has 476 valence electrons. The summed E-state index contributed by atoms with van der Waals surface area (Å²) in [6.45, 7) is 4.68. The highest BCUT2D eigenvalue weighted by atomic mass is 16.3. The predicted octanol–water partition coefficient (Wildman–Crippen LogP) is 24.7. The zero-order chi connectivity index (χ0) is 67.3. The van der Waals surface area contributed by atoms with Crippen molar-refractivity contribution in [2.75, 3.05) is 0 Å². The van der Waals surface area contributed by atoms with Gasteiger partial charge >= 0.3 is 0 Å². The Labute approximate surface area is 583 Å². The molecule has 0 amide bonds. The van der Waals surface area contributed by atoms with E-state index >= 15 is 0 Å². The lowest BCUT2D eigenvalue weighted by molar-refractivity contribution is 0.661. The van der Waals surface area contributed by atoms with Crippen LogP contribution in [0.2, 0.25) is 0 Å². The molecule has 1 aliphatic rings. The third-order valence-corrected chi connectivity index (χ3v) is 21.0. The Morgan fingerprint density at radius 1 is 0.216 bits per heavy atom. The molecule has 0 atom stereocenters. The summed E-state index contributed by atoms with van der Waals surface area (Å²) in [4.78, 5) is 30.2. The number of rotatable bonds is 6. The Morgan fingerprint density at radius 3 is 1.11 bits per heavy atom. The van der Waals surface area contributed by atoms with E-state index in [2.05, 4.69) is 196 Å². The molecule has 22 rings (SSSR count). The van der Waals surface area contributed by atoms with Crippen molar-refractivity contribution in [2.24, 2.45) is 0 Å². The fraction of sp³-hybridized carbons (Fsp3) is 0.0323. The van der Waals surface area contributed by atoms with Gasteiger partial charge in [0.25, 0.3) is 0 Å². The quantitative estimate of drug-likeness (QED) is 0.150. The molecular weight excluding hydrogens is 1250 g/mol. The molecule has 0 fully saturated rings. The average molecular weight is 1310 g/mol. The molecule has 0 aliphatic heterocycles. The van der Waals surface area contributed by atoms with Gasteiger partial charge in [0, 0.05) is 71.1 Å². The van der Waals surface area contributed by atoms with Crippen LogP contribution in [0.1, 0.15) is 25.0 Å². The average Bonchev–Trinajstić information content (AvgIpc) is 1.50. The molecule has 16 aromatic carbocycles. The SMILES string of the molecule is CC1(C)c2ccccc2-c2c1ccc1c2ccc2ccc3cc(-c4nc(-c5ccccc5)nc(-c5ccc6c(c5)oc5ccccc56)n4)ccc3c21.c1ccc(-c2nc(-c3ccc4c(ccc5ccc6c(ccc7oc8ccccc8c76)c54)c3)nc(-c3ccc4c(c3)oc3ccccc34)n2)cc1. The molecule has 5 aromatic heterocycles. The van der Waals surface area contributed by atoms with Crippen molar-refractivity contribution < 1.29 is 13.3 Å². The van der Waals surface area contributed by atoms with Crippen molar-refractivity contribution in [2.45, 2.75) is 19.3 Å². The van der Waals surface area contributed by atoms with Crippen molar-refractivity contribution in [3.05, 3.63) is 314 Å². The van der Waals surface area contributed by atoms with Crippen LogP contribution < -0.4 is 0 Å². The maximum absolute atomic E-state index is 6.24. The van der Waals surface area contributed by atoms with Gasteiger partial charge in [-0.25, -0.2) is 29.9 Å². The number of furan rings is 3. The summed E-state index contributed by atoms with van der Waals surface area (Å²) >= 11 is 0. The van der Waals surface area contributed by atoms with Crippen LogP contribution in [0.4, 0.5) is 0 Å². The molecule has 21 aromatic rings. The zero-order valence-electron chi connectivity index (χ0n) is 55.3. The topological polar surface area (TPSA) is 117 Å². The largest absolute Gasteiger partial charge is 0.456 e. The fourth-order valence-corrected chi connectivity index (χ4v) is 16.1. The number of hydrogen-bond donors (Lipinski definition) is 0. The Kier molecular flexibility index (Phi) is 12.6. The molecule has 0 spiro atoms. The Balaban J connectivity index is 0.000000133. The molecule has 0 saturated heterocycles. The summed E-state index contributed by atoms with van der Waals surface area (Å²) in [6, 6.07) is 106. The van der Waals surface area contributed by atoms with Crippen molar-refractivity contribution >= 4 is 130 Å². The third-order valence-electron chi connectivity index (χ3n) is 21.0. The molecule has 102 heavy (non-hydrogen) atoms. The first-order valence-corrected chi connectivity index (χ1v) is 34.5. The highest BCUT2D eigenvalue weighted by Gasteiger charge is 2.36. The smallest absolute Gasteiger partial charge is 0.164 e. The minimum absolute atomic E-state index is 0.0391. The number of hydrogen-bond acceptors (Lipinski definition) is 9. The van der Waals surface area contributed by atoms with E-state index in [0.717, 1.165) is 110 Å². The van der Waals surface area contributed by atoms with Gasteiger partial charge in [-0.1, -0.05) is 250 Å². The highest BCUT2D eigenvalue weighted by Crippen LogP contribution is 2.53. The lowest BCUT2D eigenvalue weighted by atomic mass is 9.82. The minimum atomic E-state index is -0.0391. The Bertz CT molecular complexity index is 7110. The minimum Gasteiger partial charge on any atom is -0.456 e. The second-order valence-corrected chi connectivity index (χ2v) is 27.2. The summed E-state index contributed by atoms with van der Waals surface area (Å²) < 4.78 is 18.7. The number of fused-ring (bicyclic) bond motifs is 24. The van der Waals surface area contributed by atoms with Crippen molar-refractivity contribution in [3.8, 4) is 79.5 Å².